The van der Waals surface area contributed by atoms with Crippen molar-refractivity contribution in [2.45, 2.75) is 6.92 Å². The Morgan fingerprint density at radius 1 is 1.61 bits per heavy atom. The zero-order valence-corrected chi connectivity index (χ0v) is 11.2. The minimum absolute atomic E-state index is 0.108. The van der Waals surface area contributed by atoms with Crippen molar-refractivity contribution >= 4 is 39.2 Å². The standard InChI is InChI=1S/C11H11BrN4O2/c1-3-4-13-10(17)16-11-15-8-5-7(12)6(2)14-9(8)18-11/h3,5H,1,4H2,2H3,(H2,13,15,16,17). The van der Waals surface area contributed by atoms with Crippen LogP contribution < -0.4 is 10.6 Å². The summed E-state index contributed by atoms with van der Waals surface area (Å²) in [6, 6.07) is 1.49. The molecule has 6 nitrogen and oxygen atoms in total. The summed E-state index contributed by atoms with van der Waals surface area (Å²) in [6.45, 7) is 5.71. The van der Waals surface area contributed by atoms with Gasteiger partial charge in [-0.05, 0) is 28.9 Å². The molecule has 0 spiro atoms. The van der Waals surface area contributed by atoms with Gasteiger partial charge in [0.05, 0.1) is 5.69 Å². The normalized spacial score (nSPS) is 10.3. The first-order valence-corrected chi connectivity index (χ1v) is 5.99. The van der Waals surface area contributed by atoms with Crippen LogP contribution in [0.25, 0.3) is 11.2 Å². The van der Waals surface area contributed by atoms with E-state index in [-0.39, 0.29) is 6.01 Å². The fraction of sp³-hybridized carbons (Fsp3) is 0.182. The van der Waals surface area contributed by atoms with Gasteiger partial charge in [-0.2, -0.15) is 4.98 Å². The number of carbonyl (C=O) groups is 1. The van der Waals surface area contributed by atoms with Gasteiger partial charge in [0.1, 0.15) is 5.52 Å². The minimum Gasteiger partial charge on any atom is -0.404 e. The highest BCUT2D eigenvalue weighted by atomic mass is 79.9. The molecule has 0 aromatic carbocycles. The summed E-state index contributed by atoms with van der Waals surface area (Å²) in [7, 11) is 0. The largest absolute Gasteiger partial charge is 0.404 e. The number of fused-ring (bicyclic) bond motifs is 1. The Hall–Kier alpha value is -1.89. The molecule has 0 aliphatic carbocycles. The van der Waals surface area contributed by atoms with Gasteiger partial charge in [-0.1, -0.05) is 6.08 Å². The molecule has 0 atom stereocenters. The molecule has 0 saturated heterocycles. The Morgan fingerprint density at radius 3 is 3.11 bits per heavy atom. The van der Waals surface area contributed by atoms with Crippen molar-refractivity contribution in [3.05, 3.63) is 28.9 Å². The van der Waals surface area contributed by atoms with Gasteiger partial charge in [-0.25, -0.2) is 9.78 Å². The molecule has 18 heavy (non-hydrogen) atoms. The number of halogens is 1. The minimum atomic E-state index is -0.405. The van der Waals surface area contributed by atoms with Crippen molar-refractivity contribution in [3.8, 4) is 0 Å². The molecule has 2 amide bonds. The number of oxazole rings is 1. The topological polar surface area (TPSA) is 80.0 Å². The molecule has 0 saturated carbocycles. The Bertz CT molecular complexity index is 569. The number of pyridine rings is 1. The van der Waals surface area contributed by atoms with Crippen LogP contribution in [0.15, 0.2) is 27.6 Å². The molecule has 94 valence electrons. The van der Waals surface area contributed by atoms with Crippen LogP contribution in [-0.2, 0) is 0 Å². The van der Waals surface area contributed by atoms with E-state index in [1.807, 2.05) is 6.92 Å². The maximum Gasteiger partial charge on any atom is 0.323 e. The Balaban J connectivity index is 2.20. The average molecular weight is 311 g/mol. The molecule has 2 heterocycles. The van der Waals surface area contributed by atoms with Crippen molar-refractivity contribution < 1.29 is 9.21 Å². The zero-order chi connectivity index (χ0) is 13.1. The average Bonchev–Trinajstić information content (AvgIpc) is 2.68. The highest BCUT2D eigenvalue weighted by Gasteiger charge is 2.11. The zero-order valence-electron chi connectivity index (χ0n) is 9.66. The van der Waals surface area contributed by atoms with E-state index in [9.17, 15) is 4.79 Å². The van der Waals surface area contributed by atoms with Gasteiger partial charge in [0.15, 0.2) is 0 Å². The summed E-state index contributed by atoms with van der Waals surface area (Å²) in [5.74, 6) is 0. The van der Waals surface area contributed by atoms with Crippen LogP contribution in [-0.4, -0.2) is 22.5 Å². The summed E-state index contributed by atoms with van der Waals surface area (Å²) in [5.41, 5.74) is 1.75. The number of carbonyl (C=O) groups excluding carboxylic acids is 1. The second-order valence-electron chi connectivity index (χ2n) is 3.52. The fourth-order valence-corrected chi connectivity index (χ4v) is 1.59. The van der Waals surface area contributed by atoms with Crippen molar-refractivity contribution in [1.29, 1.82) is 0 Å². The number of anilines is 1. The number of nitrogens with zero attached hydrogens (tertiary/aromatic N) is 2. The van der Waals surface area contributed by atoms with Gasteiger partial charge in [0.2, 0.25) is 5.71 Å². The van der Waals surface area contributed by atoms with Crippen molar-refractivity contribution in [2.24, 2.45) is 0 Å². The quantitative estimate of drug-likeness (QED) is 0.854. The van der Waals surface area contributed by atoms with Crippen LogP contribution >= 0.6 is 15.9 Å². The number of hydrogen-bond donors (Lipinski definition) is 2. The predicted octanol–water partition coefficient (Wildman–Crippen LogP) is 2.60. The van der Waals surface area contributed by atoms with Crippen LogP contribution in [0.1, 0.15) is 5.69 Å². The predicted molar refractivity (Wildman–Crippen MR) is 71.5 cm³/mol. The lowest BCUT2D eigenvalue weighted by Gasteiger charge is -2.00. The van der Waals surface area contributed by atoms with Crippen LogP contribution in [0, 0.1) is 6.92 Å². The molecule has 0 aliphatic heterocycles. The Morgan fingerprint density at radius 2 is 2.39 bits per heavy atom. The van der Waals surface area contributed by atoms with Gasteiger partial charge < -0.3 is 9.73 Å². The lowest BCUT2D eigenvalue weighted by atomic mass is 10.4. The summed E-state index contributed by atoms with van der Waals surface area (Å²) >= 11 is 3.36. The van der Waals surface area contributed by atoms with Crippen molar-refractivity contribution in [1.82, 2.24) is 15.3 Å². The van der Waals surface area contributed by atoms with Crippen LogP contribution in [0.4, 0.5) is 10.8 Å². The monoisotopic (exact) mass is 310 g/mol. The molecule has 0 unspecified atom stereocenters. The summed E-state index contributed by atoms with van der Waals surface area (Å²) in [5, 5.41) is 5.02. The number of aryl methyl sites for hydroxylation is 1. The van der Waals surface area contributed by atoms with Crippen molar-refractivity contribution in [2.75, 3.05) is 11.9 Å². The molecule has 0 aliphatic rings. The summed E-state index contributed by atoms with van der Waals surface area (Å²) in [4.78, 5) is 19.7. The maximum atomic E-state index is 11.4. The van der Waals surface area contributed by atoms with Crippen LogP contribution in [0.3, 0.4) is 0 Å². The van der Waals surface area contributed by atoms with Crippen LogP contribution in [0.5, 0.6) is 0 Å². The summed E-state index contributed by atoms with van der Waals surface area (Å²) < 4.78 is 6.15. The third-order valence-electron chi connectivity index (χ3n) is 2.14. The molecule has 0 fully saturated rings. The lowest BCUT2D eigenvalue weighted by Crippen LogP contribution is -2.28. The SMILES string of the molecule is C=CCNC(=O)Nc1nc2cc(Br)c(C)nc2o1. The molecule has 2 rings (SSSR count). The molecule has 2 aromatic heterocycles. The first-order valence-electron chi connectivity index (χ1n) is 5.19. The third kappa shape index (κ3) is 2.67. The van der Waals surface area contributed by atoms with E-state index in [4.69, 9.17) is 4.42 Å². The third-order valence-corrected chi connectivity index (χ3v) is 2.94. The maximum absolute atomic E-state index is 11.4. The van der Waals surface area contributed by atoms with E-state index in [0.29, 0.717) is 17.8 Å². The Labute approximate surface area is 112 Å². The number of aromatic nitrogens is 2. The lowest BCUT2D eigenvalue weighted by molar-refractivity contribution is 0.252. The number of nitrogens with one attached hydrogen (secondary N) is 2. The second kappa shape index (κ2) is 5.18. The molecular weight excluding hydrogens is 300 g/mol. The van der Waals surface area contributed by atoms with Gasteiger partial charge >= 0.3 is 12.0 Å². The van der Waals surface area contributed by atoms with Gasteiger partial charge in [-0.15, -0.1) is 6.58 Å². The highest BCUT2D eigenvalue weighted by Crippen LogP contribution is 2.22. The fourth-order valence-electron chi connectivity index (χ4n) is 1.29. The molecule has 7 heteroatoms. The Kier molecular flexibility index (Phi) is 3.61. The van der Waals surface area contributed by atoms with E-state index in [0.717, 1.165) is 10.2 Å². The first-order chi connectivity index (χ1) is 8.60. The van der Waals surface area contributed by atoms with Crippen LogP contribution in [0.2, 0.25) is 0 Å². The van der Waals surface area contributed by atoms with E-state index >= 15 is 0 Å². The second-order valence-corrected chi connectivity index (χ2v) is 4.38. The van der Waals surface area contributed by atoms with E-state index in [1.54, 1.807) is 12.1 Å². The van der Waals surface area contributed by atoms with E-state index < -0.39 is 6.03 Å². The molecule has 0 bridgehead atoms. The van der Waals surface area contributed by atoms with Gasteiger partial charge in [0.25, 0.3) is 0 Å². The number of rotatable bonds is 3. The summed E-state index contributed by atoms with van der Waals surface area (Å²) in [6.07, 6.45) is 1.58. The van der Waals surface area contributed by atoms with Gasteiger partial charge in [-0.3, -0.25) is 5.32 Å². The number of amides is 2. The molecular formula is C11H11BrN4O2. The number of hydrogen-bond acceptors (Lipinski definition) is 4. The molecule has 0 radical (unpaired) electrons. The first kappa shape index (κ1) is 12.6. The molecule has 2 N–H and O–H groups in total. The van der Waals surface area contributed by atoms with Crippen molar-refractivity contribution in [3.63, 3.8) is 0 Å². The molecule has 2 aromatic rings. The smallest absolute Gasteiger partial charge is 0.323 e. The van der Waals surface area contributed by atoms with Gasteiger partial charge in [0, 0.05) is 11.0 Å². The van der Waals surface area contributed by atoms with E-state index in [2.05, 4.69) is 43.1 Å². The highest BCUT2D eigenvalue weighted by molar-refractivity contribution is 9.10. The number of urea groups is 1. The van der Waals surface area contributed by atoms with E-state index in [1.165, 1.54) is 0 Å².